The number of benzene rings is 1. The van der Waals surface area contributed by atoms with Gasteiger partial charge in [0, 0.05) is 25.1 Å². The molecule has 0 saturated carbocycles. The van der Waals surface area contributed by atoms with E-state index in [2.05, 4.69) is 4.98 Å². The van der Waals surface area contributed by atoms with Crippen molar-refractivity contribution in [2.75, 3.05) is 0 Å². The number of carbonyl (C=O) groups excluding carboxylic acids is 1. The highest BCUT2D eigenvalue weighted by Crippen LogP contribution is 2.27. The molecule has 20 heavy (non-hydrogen) atoms. The summed E-state index contributed by atoms with van der Waals surface area (Å²) < 4.78 is 0. The van der Waals surface area contributed by atoms with Gasteiger partial charge in [-0.25, -0.2) is 0 Å². The first-order valence-corrected chi connectivity index (χ1v) is 6.51. The van der Waals surface area contributed by atoms with Crippen molar-refractivity contribution in [2.45, 2.75) is 26.7 Å². The van der Waals surface area contributed by atoms with Crippen molar-refractivity contribution in [1.29, 1.82) is 0 Å². The van der Waals surface area contributed by atoms with Crippen LogP contribution >= 0.6 is 0 Å². The van der Waals surface area contributed by atoms with Crippen molar-refractivity contribution in [3.05, 3.63) is 46.1 Å². The lowest BCUT2D eigenvalue weighted by Crippen LogP contribution is -2.07. The quantitative estimate of drug-likeness (QED) is 0.618. The Labute approximate surface area is 116 Å². The number of nitro groups is 1. The van der Waals surface area contributed by atoms with Gasteiger partial charge in [0.1, 0.15) is 5.78 Å². The smallest absolute Gasteiger partial charge is 0.278 e. The summed E-state index contributed by atoms with van der Waals surface area (Å²) in [4.78, 5) is 26.7. The molecule has 0 aliphatic heterocycles. The number of hydrogen-bond acceptors (Lipinski definition) is 4. The second-order valence-corrected chi connectivity index (χ2v) is 5.21. The molecule has 0 atom stereocenters. The maximum atomic E-state index is 11.9. The van der Waals surface area contributed by atoms with Gasteiger partial charge in [0.15, 0.2) is 0 Å². The van der Waals surface area contributed by atoms with Crippen molar-refractivity contribution >= 4 is 22.4 Å². The molecule has 1 aromatic carbocycles. The molecule has 0 aliphatic carbocycles. The van der Waals surface area contributed by atoms with E-state index in [0.29, 0.717) is 23.2 Å². The number of ketones is 1. The summed E-state index contributed by atoms with van der Waals surface area (Å²) in [6.07, 6.45) is 2.36. The van der Waals surface area contributed by atoms with E-state index in [9.17, 15) is 14.9 Å². The summed E-state index contributed by atoms with van der Waals surface area (Å²) >= 11 is 0. The molecule has 1 heterocycles. The summed E-state index contributed by atoms with van der Waals surface area (Å²) in [5, 5.41) is 11.5. The van der Waals surface area contributed by atoms with Crippen LogP contribution in [0, 0.1) is 16.0 Å². The van der Waals surface area contributed by atoms with Gasteiger partial charge in [-0.2, -0.15) is 0 Å². The predicted octanol–water partition coefficient (Wildman–Crippen LogP) is 3.30. The fraction of sp³-hybridized carbons (Fsp3) is 0.333. The number of Topliss-reactive ketones (excluding diaryl/α,β-unsaturated/α-hetero) is 1. The van der Waals surface area contributed by atoms with Crippen LogP contribution in [0.4, 0.5) is 5.69 Å². The van der Waals surface area contributed by atoms with Gasteiger partial charge in [0.25, 0.3) is 5.69 Å². The molecule has 5 nitrogen and oxygen atoms in total. The number of pyridine rings is 1. The lowest BCUT2D eigenvalue weighted by molar-refractivity contribution is -0.383. The maximum absolute atomic E-state index is 11.9. The van der Waals surface area contributed by atoms with E-state index >= 15 is 0 Å². The Morgan fingerprint density at radius 2 is 2.10 bits per heavy atom. The van der Waals surface area contributed by atoms with Gasteiger partial charge in [-0.1, -0.05) is 13.8 Å². The highest BCUT2D eigenvalue weighted by atomic mass is 16.6. The average molecular weight is 272 g/mol. The Balaban J connectivity index is 2.43. The molecule has 1 aromatic heterocycles. The number of aromatic nitrogens is 1. The number of carbonyl (C=O) groups is 1. The van der Waals surface area contributed by atoms with Crippen molar-refractivity contribution < 1.29 is 9.72 Å². The van der Waals surface area contributed by atoms with Crippen LogP contribution < -0.4 is 0 Å². The first-order chi connectivity index (χ1) is 9.49. The van der Waals surface area contributed by atoms with Crippen LogP contribution in [-0.4, -0.2) is 15.7 Å². The number of nitrogens with zero attached hydrogens (tertiary/aromatic N) is 2. The minimum atomic E-state index is -0.427. The van der Waals surface area contributed by atoms with Gasteiger partial charge < -0.3 is 0 Å². The monoisotopic (exact) mass is 272 g/mol. The number of non-ortho nitro benzene ring substituents is 1. The summed E-state index contributed by atoms with van der Waals surface area (Å²) in [6, 6.07) is 6.40. The topological polar surface area (TPSA) is 73.1 Å². The molecule has 0 N–H and O–H groups in total. The van der Waals surface area contributed by atoms with Gasteiger partial charge in [0.2, 0.25) is 0 Å². The standard InChI is InChI=1S/C15H16N2O3/c1-10(2)8-12(18)9-11-5-6-14(17(19)20)13-4-3-7-16-15(11)13/h3-7,10H,8-9H2,1-2H3. The third-order valence-corrected chi connectivity index (χ3v) is 3.05. The molecular formula is C15H16N2O3. The fourth-order valence-electron chi connectivity index (χ4n) is 2.26. The van der Waals surface area contributed by atoms with E-state index in [1.54, 1.807) is 24.4 Å². The summed E-state index contributed by atoms with van der Waals surface area (Å²) in [6.45, 7) is 3.98. The predicted molar refractivity (Wildman–Crippen MR) is 76.6 cm³/mol. The van der Waals surface area contributed by atoms with Gasteiger partial charge in [-0.15, -0.1) is 0 Å². The van der Waals surface area contributed by atoms with E-state index < -0.39 is 4.92 Å². The van der Waals surface area contributed by atoms with E-state index in [-0.39, 0.29) is 17.9 Å². The average Bonchev–Trinajstić information content (AvgIpc) is 2.37. The van der Waals surface area contributed by atoms with Crippen molar-refractivity contribution in [3.63, 3.8) is 0 Å². The molecule has 2 aromatic rings. The zero-order valence-corrected chi connectivity index (χ0v) is 11.5. The highest BCUT2D eigenvalue weighted by Gasteiger charge is 2.16. The van der Waals surface area contributed by atoms with E-state index in [1.165, 1.54) is 6.07 Å². The molecule has 0 bridgehead atoms. The van der Waals surface area contributed by atoms with Crippen LogP contribution in [0.3, 0.4) is 0 Å². The molecule has 0 unspecified atom stereocenters. The third-order valence-electron chi connectivity index (χ3n) is 3.05. The number of hydrogen-bond donors (Lipinski definition) is 0. The van der Waals surface area contributed by atoms with Gasteiger partial charge in [-0.05, 0) is 29.7 Å². The number of rotatable bonds is 5. The normalized spacial score (nSPS) is 10.9. The molecule has 0 spiro atoms. The molecule has 0 amide bonds. The minimum absolute atomic E-state index is 0.0214. The Morgan fingerprint density at radius 1 is 1.35 bits per heavy atom. The fourth-order valence-corrected chi connectivity index (χ4v) is 2.26. The summed E-state index contributed by atoms with van der Waals surface area (Å²) in [5.74, 6) is 0.431. The summed E-state index contributed by atoms with van der Waals surface area (Å²) in [7, 11) is 0. The molecule has 2 rings (SSSR count). The van der Waals surface area contributed by atoms with Gasteiger partial charge in [0.05, 0.1) is 15.8 Å². The maximum Gasteiger partial charge on any atom is 0.278 e. The van der Waals surface area contributed by atoms with Crippen LogP contribution in [0.25, 0.3) is 10.9 Å². The Bertz CT molecular complexity index is 665. The SMILES string of the molecule is CC(C)CC(=O)Cc1ccc([N+](=O)[O-])c2cccnc12. The minimum Gasteiger partial charge on any atom is -0.299 e. The largest absolute Gasteiger partial charge is 0.299 e. The molecule has 5 heteroatoms. The van der Waals surface area contributed by atoms with Crippen LogP contribution in [-0.2, 0) is 11.2 Å². The highest BCUT2D eigenvalue weighted by molar-refractivity contribution is 5.93. The van der Waals surface area contributed by atoms with Gasteiger partial charge in [-0.3, -0.25) is 19.9 Å². The lowest BCUT2D eigenvalue weighted by Gasteiger charge is -2.07. The van der Waals surface area contributed by atoms with E-state index in [0.717, 1.165) is 5.56 Å². The zero-order valence-electron chi connectivity index (χ0n) is 11.5. The molecule has 0 saturated heterocycles. The van der Waals surface area contributed by atoms with Crippen molar-refractivity contribution in [2.24, 2.45) is 5.92 Å². The molecule has 0 radical (unpaired) electrons. The van der Waals surface area contributed by atoms with Crippen molar-refractivity contribution in [3.8, 4) is 0 Å². The Morgan fingerprint density at radius 3 is 2.75 bits per heavy atom. The lowest BCUT2D eigenvalue weighted by atomic mass is 9.99. The molecule has 104 valence electrons. The third kappa shape index (κ3) is 2.99. The number of fused-ring (bicyclic) bond motifs is 1. The first kappa shape index (κ1) is 14.1. The molecular weight excluding hydrogens is 256 g/mol. The second-order valence-electron chi connectivity index (χ2n) is 5.21. The van der Waals surface area contributed by atoms with Crippen LogP contribution in [0.5, 0.6) is 0 Å². The zero-order chi connectivity index (χ0) is 14.7. The van der Waals surface area contributed by atoms with Crippen LogP contribution in [0.2, 0.25) is 0 Å². The van der Waals surface area contributed by atoms with Crippen LogP contribution in [0.15, 0.2) is 30.5 Å². The van der Waals surface area contributed by atoms with E-state index in [4.69, 9.17) is 0 Å². The number of nitro benzene ring substituents is 1. The first-order valence-electron chi connectivity index (χ1n) is 6.51. The Kier molecular flexibility index (Phi) is 4.08. The molecule has 0 aliphatic rings. The van der Waals surface area contributed by atoms with Crippen molar-refractivity contribution in [1.82, 2.24) is 4.98 Å². The second kappa shape index (κ2) is 5.77. The van der Waals surface area contributed by atoms with E-state index in [1.807, 2.05) is 13.8 Å². The Hall–Kier alpha value is -2.30. The summed E-state index contributed by atoms with van der Waals surface area (Å²) in [5.41, 5.74) is 1.31. The molecule has 0 fully saturated rings. The van der Waals surface area contributed by atoms with Gasteiger partial charge >= 0.3 is 0 Å². The van der Waals surface area contributed by atoms with Crippen LogP contribution in [0.1, 0.15) is 25.8 Å².